The summed E-state index contributed by atoms with van der Waals surface area (Å²) < 4.78 is 60.7. The maximum Gasteiger partial charge on any atom is 0.429 e. The van der Waals surface area contributed by atoms with Crippen LogP contribution in [0.4, 0.5) is 17.6 Å². The SMILES string of the molecule is Cc1nccnc1-c1cc[c]c(O[C@H](c2ccccc2)C(F)(F)F)c1C(=O)N1C[C@H](CF)[C@@H]1C. The number of rotatable bonds is 6. The van der Waals surface area contributed by atoms with Crippen LogP contribution in [-0.4, -0.2) is 46.2 Å². The minimum Gasteiger partial charge on any atom is -0.475 e. The van der Waals surface area contributed by atoms with Gasteiger partial charge in [-0.2, -0.15) is 13.2 Å². The monoisotopic (exact) mass is 472 g/mol. The molecule has 3 aromatic rings. The summed E-state index contributed by atoms with van der Waals surface area (Å²) in [5.41, 5.74) is 0.873. The lowest BCUT2D eigenvalue weighted by atomic mass is 9.89. The molecule has 177 valence electrons. The Morgan fingerprint density at radius 1 is 1.21 bits per heavy atom. The first-order valence-electron chi connectivity index (χ1n) is 10.7. The lowest BCUT2D eigenvalue weighted by molar-refractivity contribution is -0.198. The van der Waals surface area contributed by atoms with Gasteiger partial charge >= 0.3 is 6.18 Å². The van der Waals surface area contributed by atoms with E-state index >= 15 is 0 Å². The zero-order valence-corrected chi connectivity index (χ0v) is 18.5. The minimum absolute atomic E-state index is 0.111. The van der Waals surface area contributed by atoms with E-state index in [4.69, 9.17) is 4.74 Å². The Morgan fingerprint density at radius 2 is 1.91 bits per heavy atom. The van der Waals surface area contributed by atoms with E-state index in [-0.39, 0.29) is 34.9 Å². The summed E-state index contributed by atoms with van der Waals surface area (Å²) >= 11 is 0. The quantitative estimate of drug-likeness (QED) is 0.453. The summed E-state index contributed by atoms with van der Waals surface area (Å²) in [6.45, 7) is 2.96. The van der Waals surface area contributed by atoms with Crippen LogP contribution in [0.1, 0.15) is 34.6 Å². The first kappa shape index (κ1) is 23.7. The van der Waals surface area contributed by atoms with Crippen LogP contribution < -0.4 is 4.74 Å². The molecular formula is C25H22F4N3O2. The van der Waals surface area contributed by atoms with Crippen LogP contribution in [-0.2, 0) is 0 Å². The summed E-state index contributed by atoms with van der Waals surface area (Å²) in [5, 5.41) is 0. The van der Waals surface area contributed by atoms with Crippen molar-refractivity contribution in [1.29, 1.82) is 0 Å². The molecule has 0 bridgehead atoms. The van der Waals surface area contributed by atoms with Crippen LogP contribution >= 0.6 is 0 Å². The van der Waals surface area contributed by atoms with Crippen molar-refractivity contribution in [3.63, 3.8) is 0 Å². The number of carbonyl (C=O) groups excluding carboxylic acids is 1. The Morgan fingerprint density at radius 3 is 2.53 bits per heavy atom. The van der Waals surface area contributed by atoms with E-state index in [1.54, 1.807) is 26.0 Å². The number of carbonyl (C=O) groups is 1. The van der Waals surface area contributed by atoms with Gasteiger partial charge < -0.3 is 9.64 Å². The van der Waals surface area contributed by atoms with Crippen molar-refractivity contribution in [1.82, 2.24) is 14.9 Å². The summed E-state index contributed by atoms with van der Waals surface area (Å²) in [6.07, 6.45) is -4.16. The maximum absolute atomic E-state index is 14.0. The Kier molecular flexibility index (Phi) is 6.54. The summed E-state index contributed by atoms with van der Waals surface area (Å²) in [6, 6.07) is 12.4. The predicted molar refractivity (Wildman–Crippen MR) is 117 cm³/mol. The number of aromatic nitrogens is 2. The number of nitrogens with zero attached hydrogens (tertiary/aromatic N) is 3. The second kappa shape index (κ2) is 9.40. The number of benzene rings is 2. The molecule has 1 amide bonds. The maximum atomic E-state index is 14.0. The third kappa shape index (κ3) is 4.47. The Labute approximate surface area is 194 Å². The molecule has 0 spiro atoms. The largest absolute Gasteiger partial charge is 0.475 e. The highest BCUT2D eigenvalue weighted by Crippen LogP contribution is 2.41. The lowest BCUT2D eigenvalue weighted by Crippen LogP contribution is -2.58. The van der Waals surface area contributed by atoms with Gasteiger partial charge in [-0.05, 0) is 19.9 Å². The Bertz CT molecular complexity index is 1170. The molecule has 2 aromatic carbocycles. The normalized spacial score (nSPS) is 18.8. The van der Waals surface area contributed by atoms with E-state index in [1.807, 2.05) is 0 Å². The van der Waals surface area contributed by atoms with E-state index in [0.717, 1.165) is 0 Å². The number of hydrogen-bond donors (Lipinski definition) is 0. The number of hydrogen-bond acceptors (Lipinski definition) is 4. The molecular weight excluding hydrogens is 450 g/mol. The van der Waals surface area contributed by atoms with Crippen molar-refractivity contribution in [2.24, 2.45) is 5.92 Å². The number of aryl methyl sites for hydroxylation is 1. The summed E-state index contributed by atoms with van der Waals surface area (Å²) in [7, 11) is 0. The second-order valence-corrected chi connectivity index (χ2v) is 8.15. The van der Waals surface area contributed by atoms with Crippen LogP contribution in [0.2, 0.25) is 0 Å². The highest BCUT2D eigenvalue weighted by atomic mass is 19.4. The molecule has 3 atom stereocenters. The van der Waals surface area contributed by atoms with E-state index in [2.05, 4.69) is 16.0 Å². The first-order chi connectivity index (χ1) is 16.2. The van der Waals surface area contributed by atoms with Gasteiger partial charge in [0, 0.05) is 48.1 Å². The van der Waals surface area contributed by atoms with Gasteiger partial charge in [-0.3, -0.25) is 19.2 Å². The molecule has 5 nitrogen and oxygen atoms in total. The van der Waals surface area contributed by atoms with E-state index in [0.29, 0.717) is 11.4 Å². The Balaban J connectivity index is 1.83. The fraction of sp³-hybridized carbons (Fsp3) is 0.320. The van der Waals surface area contributed by atoms with E-state index in [9.17, 15) is 22.4 Å². The first-order valence-corrected chi connectivity index (χ1v) is 10.7. The van der Waals surface area contributed by atoms with Gasteiger partial charge in [0.2, 0.25) is 6.10 Å². The molecule has 0 unspecified atom stereocenters. The van der Waals surface area contributed by atoms with Crippen molar-refractivity contribution in [2.45, 2.75) is 32.2 Å². The average Bonchev–Trinajstić information content (AvgIpc) is 2.81. The molecule has 4 rings (SSSR count). The molecule has 0 saturated carbocycles. The molecule has 1 aliphatic rings. The predicted octanol–water partition coefficient (Wildman–Crippen LogP) is 5.36. The minimum atomic E-state index is -4.75. The molecule has 1 aliphatic heterocycles. The Hall–Kier alpha value is -3.49. The van der Waals surface area contributed by atoms with Crippen LogP contribution in [0, 0.1) is 18.9 Å². The average molecular weight is 472 g/mol. The van der Waals surface area contributed by atoms with Gasteiger partial charge in [-0.15, -0.1) is 0 Å². The van der Waals surface area contributed by atoms with Crippen LogP contribution in [0.25, 0.3) is 11.3 Å². The summed E-state index contributed by atoms with van der Waals surface area (Å²) in [5.74, 6) is -1.25. The van der Waals surface area contributed by atoms with E-state index < -0.39 is 30.9 Å². The van der Waals surface area contributed by atoms with Crippen LogP contribution in [0.3, 0.4) is 0 Å². The molecule has 9 heteroatoms. The zero-order valence-electron chi connectivity index (χ0n) is 18.5. The van der Waals surface area contributed by atoms with Gasteiger partial charge in [-0.25, -0.2) is 0 Å². The molecule has 0 N–H and O–H groups in total. The molecule has 1 aromatic heterocycles. The number of halogens is 4. The number of amides is 1. The molecule has 2 heterocycles. The highest BCUT2D eigenvalue weighted by molar-refractivity contribution is 6.03. The van der Waals surface area contributed by atoms with E-state index in [1.165, 1.54) is 47.6 Å². The molecule has 1 saturated heterocycles. The van der Waals surface area contributed by atoms with Gasteiger partial charge in [0.1, 0.15) is 5.75 Å². The lowest BCUT2D eigenvalue weighted by Gasteiger charge is -2.45. The second-order valence-electron chi connectivity index (χ2n) is 8.15. The smallest absolute Gasteiger partial charge is 0.429 e. The van der Waals surface area contributed by atoms with Crippen LogP contribution in [0.5, 0.6) is 5.75 Å². The third-order valence-corrected chi connectivity index (χ3v) is 6.01. The van der Waals surface area contributed by atoms with Crippen molar-refractivity contribution in [3.05, 3.63) is 77.7 Å². The fourth-order valence-corrected chi connectivity index (χ4v) is 4.00. The molecule has 34 heavy (non-hydrogen) atoms. The van der Waals surface area contributed by atoms with Gasteiger partial charge in [-0.1, -0.05) is 36.4 Å². The standard InChI is InChI=1S/C25H22F4N3O2/c1-15-22(31-12-11-30-15)19-9-6-10-20(21(19)24(33)32-14-18(13-26)16(32)2)34-23(25(27,28)29)17-7-4-3-5-8-17/h3-9,11-12,16,18,23H,13-14H2,1-2H3/t16-,18-,23+/m0/s1. The van der Waals surface area contributed by atoms with Crippen molar-refractivity contribution in [2.75, 3.05) is 13.2 Å². The number of alkyl halides is 4. The van der Waals surface area contributed by atoms with Crippen LogP contribution in [0.15, 0.2) is 54.9 Å². The van der Waals surface area contributed by atoms with Crippen molar-refractivity contribution < 1.29 is 27.1 Å². The number of likely N-dealkylation sites (tertiary alicyclic amines) is 1. The summed E-state index contributed by atoms with van der Waals surface area (Å²) in [4.78, 5) is 23.5. The molecule has 1 radical (unpaired) electrons. The zero-order chi connectivity index (χ0) is 24.5. The number of ether oxygens (including phenoxy) is 1. The topological polar surface area (TPSA) is 55.3 Å². The van der Waals surface area contributed by atoms with Gasteiger partial charge in [0.05, 0.1) is 23.6 Å². The highest BCUT2D eigenvalue weighted by Gasteiger charge is 2.45. The van der Waals surface area contributed by atoms with Gasteiger partial charge in [0.15, 0.2) is 0 Å². The molecule has 0 aliphatic carbocycles. The van der Waals surface area contributed by atoms with Gasteiger partial charge in [0.25, 0.3) is 5.91 Å². The fourth-order valence-electron chi connectivity index (χ4n) is 4.00. The molecule has 1 fully saturated rings. The third-order valence-electron chi connectivity index (χ3n) is 6.01. The van der Waals surface area contributed by atoms with Crippen molar-refractivity contribution in [3.8, 4) is 17.0 Å². The van der Waals surface area contributed by atoms with Crippen molar-refractivity contribution >= 4 is 5.91 Å².